The van der Waals surface area contributed by atoms with Crippen molar-refractivity contribution >= 4 is 5.91 Å². The second-order valence-corrected chi connectivity index (χ2v) is 7.45. The third-order valence-electron chi connectivity index (χ3n) is 3.41. The predicted molar refractivity (Wildman–Crippen MR) is 72.9 cm³/mol. The molecule has 0 aliphatic heterocycles. The van der Waals surface area contributed by atoms with Gasteiger partial charge >= 0.3 is 0 Å². The minimum atomic E-state index is -0.0905. The zero-order valence-electron chi connectivity index (χ0n) is 12.2. The molecule has 2 heteroatoms. The molecule has 0 aromatic heterocycles. The van der Waals surface area contributed by atoms with Gasteiger partial charge in [0, 0.05) is 11.5 Å². The van der Waals surface area contributed by atoms with Crippen LogP contribution in [0.5, 0.6) is 0 Å². The molecule has 1 saturated carbocycles. The van der Waals surface area contributed by atoms with Gasteiger partial charge in [-0.3, -0.25) is 4.79 Å². The Bertz CT molecular complexity index is 257. The van der Waals surface area contributed by atoms with E-state index >= 15 is 0 Å². The lowest BCUT2D eigenvalue weighted by atomic mass is 9.81. The fourth-order valence-corrected chi connectivity index (χ4v) is 3.17. The van der Waals surface area contributed by atoms with E-state index in [-0.39, 0.29) is 22.8 Å². The molecule has 0 spiro atoms. The molecule has 100 valence electrons. The summed E-state index contributed by atoms with van der Waals surface area (Å²) in [4.78, 5) is 12.2. The van der Waals surface area contributed by atoms with Crippen LogP contribution in [0.25, 0.3) is 0 Å². The van der Waals surface area contributed by atoms with Crippen LogP contribution >= 0.6 is 0 Å². The zero-order chi connectivity index (χ0) is 13.1. The number of nitrogens with one attached hydrogen (secondary N) is 1. The summed E-state index contributed by atoms with van der Waals surface area (Å²) in [6.07, 6.45) is 6.91. The van der Waals surface area contributed by atoms with E-state index in [1.165, 1.54) is 19.3 Å². The Morgan fingerprint density at radius 3 is 2.06 bits per heavy atom. The van der Waals surface area contributed by atoms with Crippen molar-refractivity contribution in [3.8, 4) is 0 Å². The Hall–Kier alpha value is -0.530. The molecule has 2 nitrogen and oxygen atoms in total. The summed E-state index contributed by atoms with van der Waals surface area (Å²) in [5.74, 6) is 0.543. The monoisotopic (exact) mass is 239 g/mol. The summed E-state index contributed by atoms with van der Waals surface area (Å²) < 4.78 is 0. The Morgan fingerprint density at radius 1 is 1.06 bits per heavy atom. The molecular formula is C15H29NO. The molecule has 1 N–H and O–H groups in total. The highest BCUT2D eigenvalue weighted by Crippen LogP contribution is 2.29. The molecule has 0 unspecified atom stereocenters. The highest BCUT2D eigenvalue weighted by atomic mass is 16.2. The van der Waals surface area contributed by atoms with Crippen molar-refractivity contribution in [2.24, 2.45) is 11.3 Å². The maximum Gasteiger partial charge on any atom is 0.223 e. The Balaban J connectivity index is 2.48. The van der Waals surface area contributed by atoms with Gasteiger partial charge in [0.15, 0.2) is 0 Å². The van der Waals surface area contributed by atoms with Crippen LogP contribution in [-0.2, 0) is 4.79 Å². The lowest BCUT2D eigenvalue weighted by molar-refractivity contribution is -0.127. The van der Waals surface area contributed by atoms with Crippen molar-refractivity contribution in [1.29, 1.82) is 0 Å². The van der Waals surface area contributed by atoms with Gasteiger partial charge in [0.05, 0.1) is 0 Å². The molecular weight excluding hydrogens is 210 g/mol. The lowest BCUT2D eigenvalue weighted by Crippen LogP contribution is -2.48. The van der Waals surface area contributed by atoms with Crippen LogP contribution in [0.2, 0.25) is 0 Å². The van der Waals surface area contributed by atoms with E-state index in [2.05, 4.69) is 39.9 Å². The molecule has 0 aromatic rings. The average molecular weight is 239 g/mol. The number of carbonyl (C=O) groups is 1. The number of hydrogen-bond donors (Lipinski definition) is 1. The van der Waals surface area contributed by atoms with Crippen LogP contribution in [0.4, 0.5) is 0 Å². The van der Waals surface area contributed by atoms with Crippen LogP contribution in [-0.4, -0.2) is 11.4 Å². The first kappa shape index (κ1) is 14.5. The van der Waals surface area contributed by atoms with E-state index in [0.29, 0.717) is 0 Å². The second kappa shape index (κ2) is 5.41. The first-order valence-corrected chi connectivity index (χ1v) is 7.02. The summed E-state index contributed by atoms with van der Waals surface area (Å²) >= 11 is 0. The van der Waals surface area contributed by atoms with Crippen molar-refractivity contribution in [3.63, 3.8) is 0 Å². The first-order chi connectivity index (χ1) is 7.70. The minimum Gasteiger partial charge on any atom is -0.351 e. The van der Waals surface area contributed by atoms with E-state index < -0.39 is 0 Å². The van der Waals surface area contributed by atoms with Crippen molar-refractivity contribution in [3.05, 3.63) is 0 Å². The van der Waals surface area contributed by atoms with Gasteiger partial charge in [-0.05, 0) is 38.5 Å². The van der Waals surface area contributed by atoms with Crippen molar-refractivity contribution in [2.45, 2.75) is 78.7 Å². The summed E-state index contributed by atoms with van der Waals surface area (Å²) in [6, 6.07) is 0. The maximum absolute atomic E-state index is 12.2. The first-order valence-electron chi connectivity index (χ1n) is 7.02. The predicted octanol–water partition coefficient (Wildman–Crippen LogP) is 3.90. The van der Waals surface area contributed by atoms with Crippen LogP contribution in [0.15, 0.2) is 0 Å². The molecule has 1 amide bonds. The van der Waals surface area contributed by atoms with Crippen LogP contribution in [0.1, 0.15) is 73.1 Å². The van der Waals surface area contributed by atoms with Gasteiger partial charge in [0.1, 0.15) is 0 Å². The normalized spacial score (nSPS) is 19.1. The Kier molecular flexibility index (Phi) is 4.62. The topological polar surface area (TPSA) is 29.1 Å². The number of hydrogen-bond acceptors (Lipinski definition) is 1. The highest BCUT2D eigenvalue weighted by molar-refractivity contribution is 5.79. The number of carbonyl (C=O) groups excluding carboxylic acids is 1. The molecule has 0 aromatic carbocycles. The second-order valence-electron chi connectivity index (χ2n) is 7.45. The standard InChI is InChI=1S/C15H29NO/c1-14(2,3)11-15(4,5)16-13(17)12-9-7-6-8-10-12/h12H,6-11H2,1-5H3,(H,16,17). The molecule has 0 atom stereocenters. The van der Waals surface area contributed by atoms with Gasteiger partial charge in [-0.15, -0.1) is 0 Å². The Labute approximate surface area is 107 Å². The van der Waals surface area contributed by atoms with E-state index in [9.17, 15) is 4.79 Å². The molecule has 0 bridgehead atoms. The third kappa shape index (κ3) is 5.56. The maximum atomic E-state index is 12.2. The van der Waals surface area contributed by atoms with Crippen molar-refractivity contribution < 1.29 is 4.79 Å². The molecule has 0 radical (unpaired) electrons. The largest absolute Gasteiger partial charge is 0.351 e. The summed E-state index contributed by atoms with van der Waals surface area (Å²) in [7, 11) is 0. The van der Waals surface area contributed by atoms with Gasteiger partial charge in [-0.2, -0.15) is 0 Å². The molecule has 17 heavy (non-hydrogen) atoms. The smallest absolute Gasteiger partial charge is 0.223 e. The van der Waals surface area contributed by atoms with Crippen molar-refractivity contribution in [2.75, 3.05) is 0 Å². The Morgan fingerprint density at radius 2 is 1.59 bits per heavy atom. The molecule has 1 rings (SSSR count). The summed E-state index contributed by atoms with van der Waals surface area (Å²) in [5, 5.41) is 3.24. The van der Waals surface area contributed by atoms with E-state index in [4.69, 9.17) is 0 Å². The van der Waals surface area contributed by atoms with Gasteiger partial charge in [-0.25, -0.2) is 0 Å². The molecule has 0 saturated heterocycles. The number of rotatable bonds is 3. The fourth-order valence-electron chi connectivity index (χ4n) is 3.17. The van der Waals surface area contributed by atoms with E-state index in [1.807, 2.05) is 0 Å². The summed E-state index contributed by atoms with van der Waals surface area (Å²) in [6.45, 7) is 10.9. The molecule has 1 aliphatic rings. The SMILES string of the molecule is CC(C)(C)CC(C)(C)NC(=O)C1CCCCC1. The highest BCUT2D eigenvalue weighted by Gasteiger charge is 2.30. The minimum absolute atomic E-state index is 0.0905. The van der Waals surface area contributed by atoms with Crippen LogP contribution < -0.4 is 5.32 Å². The van der Waals surface area contributed by atoms with Crippen LogP contribution in [0.3, 0.4) is 0 Å². The van der Waals surface area contributed by atoms with Crippen LogP contribution in [0, 0.1) is 11.3 Å². The number of amides is 1. The fraction of sp³-hybridized carbons (Fsp3) is 0.933. The third-order valence-corrected chi connectivity index (χ3v) is 3.41. The van der Waals surface area contributed by atoms with Gasteiger partial charge in [-0.1, -0.05) is 40.0 Å². The lowest BCUT2D eigenvalue weighted by Gasteiger charge is -2.35. The quantitative estimate of drug-likeness (QED) is 0.795. The average Bonchev–Trinajstić information content (AvgIpc) is 2.14. The molecule has 1 fully saturated rings. The summed E-state index contributed by atoms with van der Waals surface area (Å²) in [5.41, 5.74) is 0.163. The van der Waals surface area contributed by atoms with E-state index in [0.717, 1.165) is 19.3 Å². The van der Waals surface area contributed by atoms with Crippen molar-refractivity contribution in [1.82, 2.24) is 5.32 Å². The van der Waals surface area contributed by atoms with Gasteiger partial charge in [0.2, 0.25) is 5.91 Å². The molecule has 0 heterocycles. The zero-order valence-corrected chi connectivity index (χ0v) is 12.2. The molecule has 1 aliphatic carbocycles. The van der Waals surface area contributed by atoms with Gasteiger partial charge < -0.3 is 5.32 Å². The van der Waals surface area contributed by atoms with Gasteiger partial charge in [0.25, 0.3) is 0 Å². The van der Waals surface area contributed by atoms with E-state index in [1.54, 1.807) is 0 Å².